The molecule has 0 spiro atoms. The summed E-state index contributed by atoms with van der Waals surface area (Å²) < 4.78 is 1.14. The summed E-state index contributed by atoms with van der Waals surface area (Å²) in [5.41, 5.74) is 4.96. The first-order valence-corrected chi connectivity index (χ1v) is 9.25. The van der Waals surface area contributed by atoms with Crippen molar-refractivity contribution in [3.8, 4) is 0 Å². The van der Waals surface area contributed by atoms with E-state index in [0.717, 1.165) is 31.9 Å². The van der Waals surface area contributed by atoms with Crippen LogP contribution in [0.25, 0.3) is 0 Å². The molecule has 6 heteroatoms. The number of nitrogens with zero attached hydrogens (tertiary/aromatic N) is 2. The van der Waals surface area contributed by atoms with Crippen LogP contribution in [0.2, 0.25) is 0 Å². The number of carbonyl (C=O) groups is 1. The molecule has 1 aromatic heterocycles. The number of carbonyl (C=O) groups excluding carboxylic acids is 1. The van der Waals surface area contributed by atoms with Gasteiger partial charge in [-0.15, -0.1) is 0 Å². The molecule has 0 aliphatic heterocycles. The van der Waals surface area contributed by atoms with Crippen molar-refractivity contribution in [2.75, 3.05) is 10.6 Å². The third-order valence-electron chi connectivity index (χ3n) is 3.80. The van der Waals surface area contributed by atoms with Gasteiger partial charge in [-0.25, -0.2) is 9.97 Å². The molecule has 3 rings (SSSR count). The molecule has 0 unspecified atom stereocenters. The number of aromatic nitrogens is 2. The molecule has 5 nitrogen and oxygen atoms in total. The Hall–Kier alpha value is -2.48. The number of aryl methyl sites for hydroxylation is 3. The first-order chi connectivity index (χ1) is 12.4. The first-order valence-electron chi connectivity index (χ1n) is 8.17. The van der Waals surface area contributed by atoms with Crippen LogP contribution in [-0.4, -0.2) is 15.9 Å². The highest BCUT2D eigenvalue weighted by molar-refractivity contribution is 14.1. The number of amides is 1. The highest BCUT2D eigenvalue weighted by Crippen LogP contribution is 2.20. The number of hydrogen-bond donors (Lipinski definition) is 2. The lowest BCUT2D eigenvalue weighted by Gasteiger charge is -2.11. The fourth-order valence-corrected chi connectivity index (χ4v) is 3.26. The second kappa shape index (κ2) is 7.82. The highest BCUT2D eigenvalue weighted by atomic mass is 127. The van der Waals surface area contributed by atoms with E-state index in [9.17, 15) is 4.79 Å². The van der Waals surface area contributed by atoms with E-state index in [1.165, 1.54) is 0 Å². The minimum atomic E-state index is -0.153. The lowest BCUT2D eigenvalue weighted by Crippen LogP contribution is -2.13. The number of benzene rings is 2. The number of hydrogen-bond acceptors (Lipinski definition) is 4. The molecule has 0 saturated heterocycles. The van der Waals surface area contributed by atoms with Gasteiger partial charge in [-0.1, -0.05) is 6.07 Å². The molecular formula is C20H19IN4O. The minimum Gasteiger partial charge on any atom is -0.324 e. The van der Waals surface area contributed by atoms with Crippen molar-refractivity contribution < 1.29 is 4.79 Å². The number of rotatable bonds is 4. The maximum Gasteiger partial charge on any atom is 0.255 e. The number of halogens is 1. The molecule has 2 N–H and O–H groups in total. The summed E-state index contributed by atoms with van der Waals surface area (Å²) >= 11 is 2.25. The van der Waals surface area contributed by atoms with Gasteiger partial charge in [-0.05, 0) is 91.4 Å². The summed E-state index contributed by atoms with van der Waals surface area (Å²) in [6.45, 7) is 5.83. The van der Waals surface area contributed by atoms with Gasteiger partial charge in [0.2, 0.25) is 5.95 Å². The Morgan fingerprint density at radius 1 is 0.962 bits per heavy atom. The average molecular weight is 458 g/mol. The molecule has 1 amide bonds. The van der Waals surface area contributed by atoms with Gasteiger partial charge >= 0.3 is 0 Å². The summed E-state index contributed by atoms with van der Waals surface area (Å²) in [5, 5.41) is 6.12. The molecule has 132 valence electrons. The van der Waals surface area contributed by atoms with Crippen molar-refractivity contribution >= 4 is 45.8 Å². The van der Waals surface area contributed by atoms with Gasteiger partial charge < -0.3 is 10.6 Å². The normalized spacial score (nSPS) is 10.5. The van der Waals surface area contributed by atoms with Crippen molar-refractivity contribution in [1.82, 2.24) is 9.97 Å². The van der Waals surface area contributed by atoms with Gasteiger partial charge in [0.1, 0.15) is 0 Å². The molecule has 0 radical (unpaired) electrons. The predicted molar refractivity (Wildman–Crippen MR) is 113 cm³/mol. The Bertz CT molecular complexity index is 952. The van der Waals surface area contributed by atoms with E-state index in [2.05, 4.69) is 43.2 Å². The van der Waals surface area contributed by atoms with Crippen LogP contribution >= 0.6 is 22.6 Å². The zero-order valence-corrected chi connectivity index (χ0v) is 17.0. The van der Waals surface area contributed by atoms with Crippen LogP contribution in [0.5, 0.6) is 0 Å². The first kappa shape index (κ1) is 18.3. The van der Waals surface area contributed by atoms with Gasteiger partial charge in [-0.3, -0.25) is 4.79 Å². The third kappa shape index (κ3) is 4.57. The van der Waals surface area contributed by atoms with Crippen molar-refractivity contribution in [2.24, 2.45) is 0 Å². The van der Waals surface area contributed by atoms with E-state index in [-0.39, 0.29) is 5.91 Å². The quantitative estimate of drug-likeness (QED) is 0.540. The molecule has 0 aliphatic carbocycles. The maximum absolute atomic E-state index is 12.6. The van der Waals surface area contributed by atoms with Gasteiger partial charge in [0.25, 0.3) is 5.91 Å². The van der Waals surface area contributed by atoms with Crippen molar-refractivity contribution in [1.29, 1.82) is 0 Å². The molecule has 3 aromatic rings. The van der Waals surface area contributed by atoms with E-state index in [0.29, 0.717) is 11.5 Å². The molecule has 0 atom stereocenters. The monoisotopic (exact) mass is 458 g/mol. The highest BCUT2D eigenvalue weighted by Gasteiger charge is 2.09. The van der Waals surface area contributed by atoms with E-state index < -0.39 is 0 Å². The second-order valence-electron chi connectivity index (χ2n) is 6.09. The average Bonchev–Trinajstić information content (AvgIpc) is 2.56. The number of anilines is 3. The van der Waals surface area contributed by atoms with Crippen LogP contribution in [0.1, 0.15) is 27.3 Å². The summed E-state index contributed by atoms with van der Waals surface area (Å²) in [6, 6.07) is 15.1. The Kier molecular flexibility index (Phi) is 5.51. The fourth-order valence-electron chi connectivity index (χ4n) is 2.61. The van der Waals surface area contributed by atoms with Crippen molar-refractivity contribution in [2.45, 2.75) is 20.8 Å². The largest absolute Gasteiger partial charge is 0.324 e. The van der Waals surface area contributed by atoms with Crippen LogP contribution in [0, 0.1) is 24.3 Å². The SMILES string of the molecule is Cc1cc(C)nc(Nc2cccc(C(=O)Nc3ccc(I)cc3C)c2)n1. The molecule has 0 fully saturated rings. The summed E-state index contributed by atoms with van der Waals surface area (Å²) in [5.74, 6) is 0.368. The van der Waals surface area contributed by atoms with E-state index in [4.69, 9.17) is 0 Å². The molecular weight excluding hydrogens is 439 g/mol. The van der Waals surface area contributed by atoms with Crippen LogP contribution in [0.4, 0.5) is 17.3 Å². The Morgan fingerprint density at radius 3 is 2.38 bits per heavy atom. The van der Waals surface area contributed by atoms with Gasteiger partial charge in [0.15, 0.2) is 0 Å². The van der Waals surface area contributed by atoms with Crippen LogP contribution in [-0.2, 0) is 0 Å². The molecule has 2 aromatic carbocycles. The Balaban J connectivity index is 1.78. The third-order valence-corrected chi connectivity index (χ3v) is 4.47. The molecule has 0 saturated carbocycles. The van der Waals surface area contributed by atoms with Crippen molar-refractivity contribution in [3.63, 3.8) is 0 Å². The topological polar surface area (TPSA) is 66.9 Å². The zero-order chi connectivity index (χ0) is 18.7. The van der Waals surface area contributed by atoms with Crippen LogP contribution < -0.4 is 10.6 Å². The maximum atomic E-state index is 12.6. The standard InChI is InChI=1S/C20H19IN4O/c1-12-9-16(21)7-8-18(12)25-19(26)15-5-4-6-17(11-15)24-20-22-13(2)10-14(3)23-20/h4-11H,1-3H3,(H,25,26)(H,22,23,24). The summed E-state index contributed by atoms with van der Waals surface area (Å²) in [7, 11) is 0. The van der Waals surface area contributed by atoms with Gasteiger partial charge in [0, 0.05) is 31.9 Å². The second-order valence-corrected chi connectivity index (χ2v) is 7.34. The minimum absolute atomic E-state index is 0.153. The predicted octanol–water partition coefficient (Wildman–Crippen LogP) is 5.00. The smallest absolute Gasteiger partial charge is 0.255 e. The van der Waals surface area contributed by atoms with E-state index >= 15 is 0 Å². The summed E-state index contributed by atoms with van der Waals surface area (Å²) in [6.07, 6.45) is 0. The van der Waals surface area contributed by atoms with Gasteiger partial charge in [-0.2, -0.15) is 0 Å². The molecule has 0 aliphatic rings. The Morgan fingerprint density at radius 2 is 1.69 bits per heavy atom. The van der Waals surface area contributed by atoms with E-state index in [1.54, 1.807) is 12.1 Å². The van der Waals surface area contributed by atoms with Gasteiger partial charge in [0.05, 0.1) is 0 Å². The van der Waals surface area contributed by atoms with Crippen LogP contribution in [0.15, 0.2) is 48.5 Å². The van der Waals surface area contributed by atoms with Crippen LogP contribution in [0.3, 0.4) is 0 Å². The molecule has 0 bridgehead atoms. The fraction of sp³-hybridized carbons (Fsp3) is 0.150. The van der Waals surface area contributed by atoms with E-state index in [1.807, 2.05) is 57.2 Å². The summed E-state index contributed by atoms with van der Waals surface area (Å²) in [4.78, 5) is 21.3. The number of nitrogens with one attached hydrogen (secondary N) is 2. The lowest BCUT2D eigenvalue weighted by molar-refractivity contribution is 0.102. The van der Waals surface area contributed by atoms with Crippen molar-refractivity contribution in [3.05, 3.63) is 74.6 Å². The Labute approximate surface area is 166 Å². The lowest BCUT2D eigenvalue weighted by atomic mass is 10.1. The molecule has 1 heterocycles. The zero-order valence-electron chi connectivity index (χ0n) is 14.8. The molecule has 26 heavy (non-hydrogen) atoms.